The number of nitrogens with one attached hydrogen (secondary N) is 1. The fourth-order valence-corrected chi connectivity index (χ4v) is 11.1. The highest BCUT2D eigenvalue weighted by Crippen LogP contribution is 2.33. The first-order valence-corrected chi connectivity index (χ1v) is 35.9. The van der Waals surface area contributed by atoms with Crippen molar-refractivity contribution in [1.29, 1.82) is 0 Å². The second-order valence-corrected chi connectivity index (χ2v) is 24.9. The van der Waals surface area contributed by atoms with E-state index in [9.17, 15) is 61.0 Å². The van der Waals surface area contributed by atoms with E-state index in [1.54, 1.807) is 6.08 Å². The lowest BCUT2D eigenvalue weighted by molar-refractivity contribution is -0.379. The number of hydrogen-bond donors (Lipinski definition) is 12. The minimum Gasteiger partial charge on any atom is -0.394 e. The molecular formula is C76H125NO18. The largest absolute Gasteiger partial charge is 0.394 e. The molecule has 3 fully saturated rings. The summed E-state index contributed by atoms with van der Waals surface area (Å²) in [6, 6.07) is -1.00. The first kappa shape index (κ1) is 85.2. The second-order valence-electron chi connectivity index (χ2n) is 24.9. The third-order valence-electron chi connectivity index (χ3n) is 16.9. The monoisotopic (exact) mass is 1340 g/mol. The number of carbonyl (C=O) groups is 1. The van der Waals surface area contributed by atoms with Crippen LogP contribution in [-0.4, -0.2) is 193 Å². The second kappa shape index (κ2) is 55.8. The molecule has 0 radical (unpaired) electrons. The summed E-state index contributed by atoms with van der Waals surface area (Å²) in [5.41, 5.74) is 0. The van der Waals surface area contributed by atoms with Crippen LogP contribution >= 0.6 is 0 Å². The summed E-state index contributed by atoms with van der Waals surface area (Å²) in [4.78, 5) is 13.4. The lowest BCUT2D eigenvalue weighted by atomic mass is 9.96. The fraction of sp³-hybridized carbons (Fsp3) is 0.697. The molecule has 3 aliphatic heterocycles. The maximum Gasteiger partial charge on any atom is 0.220 e. The number of hydrogen-bond acceptors (Lipinski definition) is 18. The van der Waals surface area contributed by atoms with Crippen LogP contribution in [0.3, 0.4) is 0 Å². The molecule has 17 unspecified atom stereocenters. The van der Waals surface area contributed by atoms with E-state index in [2.05, 4.69) is 141 Å². The van der Waals surface area contributed by atoms with E-state index in [1.165, 1.54) is 57.8 Å². The number of aliphatic hydroxyl groups excluding tert-OH is 11. The maximum atomic E-state index is 13.4. The molecule has 0 saturated carbocycles. The normalized spacial score (nSPS) is 28.0. The van der Waals surface area contributed by atoms with Gasteiger partial charge < -0.3 is 89.9 Å². The number of rotatable bonds is 53. The number of aliphatic hydroxyl groups is 11. The molecule has 0 aromatic rings. The summed E-state index contributed by atoms with van der Waals surface area (Å²) in [7, 11) is 0. The number of allylic oxidation sites excluding steroid dienone is 21. The molecule has 3 aliphatic rings. The third kappa shape index (κ3) is 37.1. The molecule has 19 heteroatoms. The summed E-state index contributed by atoms with van der Waals surface area (Å²) in [5, 5.41) is 120. The Bertz CT molecular complexity index is 2240. The third-order valence-corrected chi connectivity index (χ3v) is 16.9. The minimum atomic E-state index is -1.99. The minimum absolute atomic E-state index is 0.223. The molecule has 3 rings (SSSR count). The van der Waals surface area contributed by atoms with E-state index >= 15 is 0 Å². The maximum absolute atomic E-state index is 13.4. The lowest BCUT2D eigenvalue weighted by Crippen LogP contribution is -2.66. The number of carbonyl (C=O) groups excluding carboxylic acids is 1. The van der Waals surface area contributed by atoms with Crippen LogP contribution in [0, 0.1) is 0 Å². The van der Waals surface area contributed by atoms with Crippen molar-refractivity contribution in [3.05, 3.63) is 134 Å². The molecule has 19 nitrogen and oxygen atoms in total. The van der Waals surface area contributed by atoms with Crippen LogP contribution in [0.4, 0.5) is 0 Å². The first-order chi connectivity index (χ1) is 46.3. The molecule has 542 valence electrons. The van der Waals surface area contributed by atoms with Gasteiger partial charge in [-0.25, -0.2) is 0 Å². The number of amides is 1. The van der Waals surface area contributed by atoms with E-state index in [0.29, 0.717) is 12.8 Å². The molecule has 1 amide bonds. The average molecular weight is 1340 g/mol. The zero-order valence-electron chi connectivity index (χ0n) is 57.3. The van der Waals surface area contributed by atoms with E-state index in [4.69, 9.17) is 28.4 Å². The number of ether oxygens (including phenoxy) is 6. The summed E-state index contributed by atoms with van der Waals surface area (Å²) in [6.07, 6.45) is 51.8. The Morgan fingerprint density at radius 2 is 0.737 bits per heavy atom. The Labute approximate surface area is 569 Å². The zero-order valence-corrected chi connectivity index (χ0v) is 57.3. The van der Waals surface area contributed by atoms with Gasteiger partial charge in [0.05, 0.1) is 38.6 Å². The predicted octanol–water partition coefficient (Wildman–Crippen LogP) is 10.2. The molecule has 3 heterocycles. The van der Waals surface area contributed by atoms with Gasteiger partial charge in [-0.3, -0.25) is 4.79 Å². The Hall–Kier alpha value is -4.07. The van der Waals surface area contributed by atoms with Crippen molar-refractivity contribution in [2.75, 3.05) is 26.4 Å². The zero-order chi connectivity index (χ0) is 68.9. The highest BCUT2D eigenvalue weighted by atomic mass is 16.8. The van der Waals surface area contributed by atoms with E-state index in [0.717, 1.165) is 116 Å². The summed E-state index contributed by atoms with van der Waals surface area (Å²) in [6.45, 7) is 1.48. The van der Waals surface area contributed by atoms with E-state index in [-0.39, 0.29) is 18.9 Å². The SMILES string of the molecule is CC/C=C\C/C=C\C/C=C\C/C=C\C/C=C\C/C=C\C/C=C\C/C=C\CCCCCCCCCCCCCCCCC(=O)NC(COC1OC(CO)C(OC2OC(CO)C(OC3OC(CO)C(O)C(O)C3O)C(O)C2O)C(O)C1O)C(O)/C=C/CC/C=C/CC/C=C/CCC. The van der Waals surface area contributed by atoms with Crippen LogP contribution in [-0.2, 0) is 33.2 Å². The van der Waals surface area contributed by atoms with Gasteiger partial charge in [0, 0.05) is 6.42 Å². The molecule has 95 heavy (non-hydrogen) atoms. The molecule has 0 aromatic carbocycles. The van der Waals surface area contributed by atoms with Gasteiger partial charge >= 0.3 is 0 Å². The van der Waals surface area contributed by atoms with Gasteiger partial charge in [0.1, 0.15) is 73.2 Å². The van der Waals surface area contributed by atoms with Crippen molar-refractivity contribution in [3.63, 3.8) is 0 Å². The van der Waals surface area contributed by atoms with Gasteiger partial charge in [-0.05, 0) is 103 Å². The van der Waals surface area contributed by atoms with E-state index < -0.39 is 124 Å². The van der Waals surface area contributed by atoms with Crippen molar-refractivity contribution in [1.82, 2.24) is 5.32 Å². The Kier molecular flexibility index (Phi) is 50.0. The fourth-order valence-electron chi connectivity index (χ4n) is 11.1. The molecule has 12 N–H and O–H groups in total. The summed E-state index contributed by atoms with van der Waals surface area (Å²) < 4.78 is 34.2. The van der Waals surface area contributed by atoms with Crippen molar-refractivity contribution in [2.24, 2.45) is 0 Å². The van der Waals surface area contributed by atoms with Crippen LogP contribution in [0.15, 0.2) is 134 Å². The molecule has 0 aliphatic carbocycles. The average Bonchev–Trinajstić information content (AvgIpc) is 0.787. The van der Waals surface area contributed by atoms with Crippen LogP contribution in [0.1, 0.15) is 206 Å². The summed E-state index contributed by atoms with van der Waals surface area (Å²) >= 11 is 0. The van der Waals surface area contributed by atoms with Gasteiger partial charge in [-0.15, -0.1) is 0 Å². The number of unbranched alkanes of at least 4 members (excludes halogenated alkanes) is 17. The quantitative estimate of drug-likeness (QED) is 0.0199. The standard InChI is InChI=1S/C76H125NO18/c1-3-5-7-9-11-13-15-16-17-18-19-20-21-22-23-24-25-26-27-28-29-30-31-32-33-34-35-36-37-38-39-40-41-42-44-46-48-50-52-54-64(82)77-59(60(81)53-51-49-47-45-43-14-12-10-8-6-4-2)58-90-74-70(88)67(85)72(62(56-79)92-74)95-76-71(89)68(86)73(63(57-80)93-76)94-75-69(87)66(84)65(83)61(55-78)91-75/h5,7-8,10-11,13,16-17,19-20,22-23,25-26,28-29,31-32,43,45,51,53,59-63,65-76,78-81,83-89H,3-4,6,9,12,14-15,18,21,24,27,30,33-42,44,46-50,52,54-58H2,1-2H3,(H,77,82)/b7-5-,10-8+,13-11-,17-16-,20-19-,23-22-,26-25-,29-28-,32-31-,45-43+,53-51+. The molecule has 17 atom stereocenters. The van der Waals surface area contributed by atoms with Crippen molar-refractivity contribution < 1.29 is 89.4 Å². The van der Waals surface area contributed by atoms with Gasteiger partial charge in [0.25, 0.3) is 0 Å². The molecule has 0 aromatic heterocycles. The van der Waals surface area contributed by atoms with Gasteiger partial charge in [0.2, 0.25) is 5.91 Å². The molecule has 0 bridgehead atoms. The van der Waals surface area contributed by atoms with Crippen LogP contribution in [0.2, 0.25) is 0 Å². The van der Waals surface area contributed by atoms with Gasteiger partial charge in [-0.2, -0.15) is 0 Å². The molecule has 0 spiro atoms. The van der Waals surface area contributed by atoms with Crippen LogP contribution in [0.5, 0.6) is 0 Å². The van der Waals surface area contributed by atoms with Crippen molar-refractivity contribution >= 4 is 5.91 Å². The van der Waals surface area contributed by atoms with Crippen LogP contribution in [0.25, 0.3) is 0 Å². The molecule has 3 saturated heterocycles. The smallest absolute Gasteiger partial charge is 0.220 e. The van der Waals surface area contributed by atoms with Crippen molar-refractivity contribution in [3.8, 4) is 0 Å². The van der Waals surface area contributed by atoms with E-state index in [1.807, 2.05) is 6.08 Å². The summed E-state index contributed by atoms with van der Waals surface area (Å²) in [5.74, 6) is -0.298. The topological polar surface area (TPSA) is 307 Å². The lowest BCUT2D eigenvalue weighted by Gasteiger charge is -2.48. The Morgan fingerprint density at radius 1 is 0.389 bits per heavy atom. The van der Waals surface area contributed by atoms with Gasteiger partial charge in [-0.1, -0.05) is 231 Å². The Balaban J connectivity index is 1.31. The van der Waals surface area contributed by atoms with Crippen molar-refractivity contribution in [2.45, 2.75) is 311 Å². The first-order valence-electron chi connectivity index (χ1n) is 35.9. The van der Waals surface area contributed by atoms with Crippen LogP contribution < -0.4 is 5.32 Å². The highest BCUT2D eigenvalue weighted by Gasteiger charge is 2.53. The highest BCUT2D eigenvalue weighted by molar-refractivity contribution is 5.76. The predicted molar refractivity (Wildman–Crippen MR) is 373 cm³/mol. The Morgan fingerprint density at radius 3 is 1.17 bits per heavy atom. The van der Waals surface area contributed by atoms with Gasteiger partial charge in [0.15, 0.2) is 18.9 Å². The molecular weight excluding hydrogens is 1210 g/mol.